The van der Waals surface area contributed by atoms with Crippen molar-refractivity contribution in [2.24, 2.45) is 0 Å². The Bertz CT molecular complexity index is 660. The van der Waals surface area contributed by atoms with Crippen LogP contribution in [0.4, 0.5) is 0 Å². The smallest absolute Gasteiger partial charge is 0.251 e. The molecule has 0 saturated carbocycles. The Balaban J connectivity index is 1.89. The Morgan fingerprint density at radius 1 is 1.09 bits per heavy atom. The first-order valence-electron chi connectivity index (χ1n) is 7.68. The summed E-state index contributed by atoms with van der Waals surface area (Å²) in [7, 11) is 0. The van der Waals surface area contributed by atoms with Crippen LogP contribution in [0.3, 0.4) is 0 Å². The van der Waals surface area contributed by atoms with Crippen LogP contribution in [0.1, 0.15) is 40.2 Å². The van der Waals surface area contributed by atoms with Crippen LogP contribution in [0.25, 0.3) is 0 Å². The molecule has 0 fully saturated rings. The lowest BCUT2D eigenvalue weighted by Crippen LogP contribution is -2.25. The fraction of sp³-hybridized carbons (Fsp3) is 0.263. The monoisotopic (exact) mass is 308 g/mol. The quantitative estimate of drug-likeness (QED) is 0.826. The number of carbonyl (C=O) groups is 1. The highest BCUT2D eigenvalue weighted by atomic mass is 16.3. The Labute approximate surface area is 136 Å². The predicted molar refractivity (Wildman–Crippen MR) is 89.0 cm³/mol. The van der Waals surface area contributed by atoms with Gasteiger partial charge in [0.1, 0.15) is 0 Å². The number of hydrogen-bond donors (Lipinski definition) is 2. The van der Waals surface area contributed by atoms with E-state index in [9.17, 15) is 9.90 Å². The number of hydrogen-bond acceptors (Lipinski definition) is 3. The maximum Gasteiger partial charge on any atom is 0.251 e. The lowest BCUT2D eigenvalue weighted by atomic mass is 9.93. The molecule has 0 saturated heterocycles. The minimum atomic E-state index is -0.148. The van der Waals surface area contributed by atoms with Gasteiger partial charge in [0.25, 0.3) is 5.91 Å². The highest BCUT2D eigenvalue weighted by molar-refractivity contribution is 5.94. The van der Waals surface area contributed by atoms with Crippen molar-refractivity contribution in [3.8, 4) is 6.07 Å². The lowest BCUT2D eigenvalue weighted by Gasteiger charge is -2.16. The van der Waals surface area contributed by atoms with Crippen LogP contribution < -0.4 is 5.32 Å². The van der Waals surface area contributed by atoms with Crippen molar-refractivity contribution in [3.05, 3.63) is 71.3 Å². The van der Waals surface area contributed by atoms with E-state index in [0.29, 0.717) is 24.1 Å². The number of rotatable bonds is 7. The normalized spacial score (nSPS) is 11.5. The maximum absolute atomic E-state index is 12.1. The van der Waals surface area contributed by atoms with E-state index in [1.165, 1.54) is 5.56 Å². The lowest BCUT2D eigenvalue weighted by molar-refractivity contribution is 0.0952. The van der Waals surface area contributed by atoms with E-state index >= 15 is 0 Å². The summed E-state index contributed by atoms with van der Waals surface area (Å²) < 4.78 is 0. The molecule has 1 atom stereocenters. The Morgan fingerprint density at radius 2 is 1.78 bits per heavy atom. The summed E-state index contributed by atoms with van der Waals surface area (Å²) in [4.78, 5) is 12.1. The van der Waals surface area contributed by atoms with Crippen LogP contribution in [0, 0.1) is 11.3 Å². The summed E-state index contributed by atoms with van der Waals surface area (Å²) in [5.74, 6) is 0.0766. The summed E-state index contributed by atoms with van der Waals surface area (Å²) in [5, 5.41) is 20.9. The Kier molecular flexibility index (Phi) is 6.34. The molecule has 23 heavy (non-hydrogen) atoms. The Hall–Kier alpha value is -2.64. The van der Waals surface area contributed by atoms with Crippen LogP contribution in [0.5, 0.6) is 0 Å². The molecule has 0 bridgehead atoms. The van der Waals surface area contributed by atoms with Crippen LogP contribution in [0.2, 0.25) is 0 Å². The van der Waals surface area contributed by atoms with Gasteiger partial charge in [-0.1, -0.05) is 30.3 Å². The maximum atomic E-state index is 12.1. The second-order valence-corrected chi connectivity index (χ2v) is 5.35. The second-order valence-electron chi connectivity index (χ2n) is 5.35. The average molecular weight is 308 g/mol. The zero-order valence-electron chi connectivity index (χ0n) is 12.9. The minimum Gasteiger partial charge on any atom is -0.396 e. The third-order valence-electron chi connectivity index (χ3n) is 3.80. The van der Waals surface area contributed by atoms with E-state index in [-0.39, 0.29) is 18.4 Å². The Morgan fingerprint density at radius 3 is 2.39 bits per heavy atom. The van der Waals surface area contributed by atoms with Crippen molar-refractivity contribution >= 4 is 5.91 Å². The minimum absolute atomic E-state index is 0.128. The van der Waals surface area contributed by atoms with Gasteiger partial charge in [0.05, 0.1) is 11.6 Å². The second kappa shape index (κ2) is 8.72. The molecule has 0 radical (unpaired) electrons. The van der Waals surface area contributed by atoms with Gasteiger partial charge in [-0.2, -0.15) is 5.26 Å². The molecule has 1 unspecified atom stereocenters. The molecule has 1 amide bonds. The van der Waals surface area contributed by atoms with Crippen LogP contribution in [-0.2, 0) is 0 Å². The average Bonchev–Trinajstić information content (AvgIpc) is 2.61. The number of aliphatic hydroxyl groups is 1. The molecular weight excluding hydrogens is 288 g/mol. The van der Waals surface area contributed by atoms with E-state index in [1.807, 2.05) is 36.4 Å². The zero-order chi connectivity index (χ0) is 16.5. The molecular formula is C19H20N2O2. The van der Waals surface area contributed by atoms with Crippen LogP contribution in [0.15, 0.2) is 54.6 Å². The van der Waals surface area contributed by atoms with Crippen molar-refractivity contribution < 1.29 is 9.90 Å². The summed E-state index contributed by atoms with van der Waals surface area (Å²) in [5.41, 5.74) is 2.25. The molecule has 2 N–H and O–H groups in total. The van der Waals surface area contributed by atoms with Gasteiger partial charge in [-0.15, -0.1) is 0 Å². The molecule has 2 aromatic carbocycles. The van der Waals surface area contributed by atoms with Crippen molar-refractivity contribution in [3.63, 3.8) is 0 Å². The summed E-state index contributed by atoms with van der Waals surface area (Å²) in [6.07, 6.45) is 1.45. The molecule has 2 aromatic rings. The van der Waals surface area contributed by atoms with Gasteiger partial charge in [-0.05, 0) is 48.6 Å². The standard InChI is InChI=1S/C19H20N2O2/c20-14-15-6-8-18(9-7-15)19(23)21-12-10-17(11-13-22)16-4-2-1-3-5-16/h1-9,17,22H,10-13H2,(H,21,23). The van der Waals surface area contributed by atoms with E-state index in [4.69, 9.17) is 5.26 Å². The molecule has 0 aliphatic heterocycles. The van der Waals surface area contributed by atoms with Gasteiger partial charge in [0, 0.05) is 18.7 Å². The summed E-state index contributed by atoms with van der Waals surface area (Å²) in [6, 6.07) is 18.6. The van der Waals surface area contributed by atoms with Gasteiger partial charge in [0.2, 0.25) is 0 Å². The van der Waals surface area contributed by atoms with Crippen LogP contribution >= 0.6 is 0 Å². The highest BCUT2D eigenvalue weighted by Crippen LogP contribution is 2.22. The van der Waals surface area contributed by atoms with Crippen LogP contribution in [-0.4, -0.2) is 24.2 Å². The third kappa shape index (κ3) is 4.94. The zero-order valence-corrected chi connectivity index (χ0v) is 12.9. The number of benzene rings is 2. The van der Waals surface area contributed by atoms with Gasteiger partial charge >= 0.3 is 0 Å². The first-order valence-corrected chi connectivity index (χ1v) is 7.68. The summed E-state index contributed by atoms with van der Waals surface area (Å²) >= 11 is 0. The van der Waals surface area contributed by atoms with Crippen molar-refractivity contribution in [2.75, 3.05) is 13.2 Å². The van der Waals surface area contributed by atoms with Crippen molar-refractivity contribution in [1.82, 2.24) is 5.32 Å². The molecule has 0 aliphatic rings. The molecule has 0 aliphatic carbocycles. The van der Waals surface area contributed by atoms with Gasteiger partial charge < -0.3 is 10.4 Å². The van der Waals surface area contributed by atoms with E-state index in [0.717, 1.165) is 6.42 Å². The number of nitrogens with zero attached hydrogens (tertiary/aromatic N) is 1. The fourth-order valence-electron chi connectivity index (χ4n) is 2.52. The SMILES string of the molecule is N#Cc1ccc(C(=O)NCCC(CCO)c2ccccc2)cc1. The largest absolute Gasteiger partial charge is 0.396 e. The fourth-order valence-corrected chi connectivity index (χ4v) is 2.52. The first kappa shape index (κ1) is 16.7. The van der Waals surface area contributed by atoms with E-state index in [1.54, 1.807) is 24.3 Å². The van der Waals surface area contributed by atoms with Gasteiger partial charge in [-0.25, -0.2) is 0 Å². The van der Waals surface area contributed by atoms with Crippen molar-refractivity contribution in [2.45, 2.75) is 18.8 Å². The van der Waals surface area contributed by atoms with E-state index < -0.39 is 0 Å². The van der Waals surface area contributed by atoms with Gasteiger partial charge in [-0.3, -0.25) is 4.79 Å². The van der Waals surface area contributed by atoms with Crippen molar-refractivity contribution in [1.29, 1.82) is 5.26 Å². The predicted octanol–water partition coefficient (Wildman–Crippen LogP) is 2.84. The number of nitriles is 1. The number of amides is 1. The highest BCUT2D eigenvalue weighted by Gasteiger charge is 2.12. The first-order chi connectivity index (χ1) is 11.2. The molecule has 2 rings (SSSR count). The molecule has 0 spiro atoms. The number of aliphatic hydroxyl groups excluding tert-OH is 1. The molecule has 0 heterocycles. The number of nitrogens with one attached hydrogen (secondary N) is 1. The molecule has 4 heteroatoms. The number of carbonyl (C=O) groups excluding carboxylic acids is 1. The molecule has 4 nitrogen and oxygen atoms in total. The van der Waals surface area contributed by atoms with Gasteiger partial charge in [0.15, 0.2) is 0 Å². The topological polar surface area (TPSA) is 73.1 Å². The molecule has 0 aromatic heterocycles. The van der Waals surface area contributed by atoms with E-state index in [2.05, 4.69) is 5.32 Å². The summed E-state index contributed by atoms with van der Waals surface area (Å²) in [6.45, 7) is 0.668. The third-order valence-corrected chi connectivity index (χ3v) is 3.80. The molecule has 118 valence electrons.